The third-order valence-electron chi connectivity index (χ3n) is 6.63. The van der Waals surface area contributed by atoms with Gasteiger partial charge in [0.15, 0.2) is 0 Å². The van der Waals surface area contributed by atoms with Gasteiger partial charge in [-0.05, 0) is 80.4 Å². The highest BCUT2D eigenvalue weighted by Gasteiger charge is 2.40. The van der Waals surface area contributed by atoms with E-state index in [1.54, 1.807) is 24.5 Å². The number of thiophene rings is 1. The Labute approximate surface area is 202 Å². The number of carboxylic acid groups (broad SMARTS) is 1. The van der Waals surface area contributed by atoms with Crippen LogP contribution in [-0.2, 0) is 11.2 Å². The van der Waals surface area contributed by atoms with E-state index < -0.39 is 11.4 Å². The second-order valence-corrected chi connectivity index (χ2v) is 10.9. The van der Waals surface area contributed by atoms with Crippen molar-refractivity contribution in [3.8, 4) is 5.75 Å². The van der Waals surface area contributed by atoms with Gasteiger partial charge in [-0.2, -0.15) is 0 Å². The van der Waals surface area contributed by atoms with Gasteiger partial charge in [0.25, 0.3) is 0 Å². The molecule has 1 aliphatic rings. The molecule has 0 bridgehead atoms. The van der Waals surface area contributed by atoms with Crippen LogP contribution in [0.5, 0.6) is 5.75 Å². The first-order chi connectivity index (χ1) is 16.0. The van der Waals surface area contributed by atoms with E-state index in [0.717, 1.165) is 30.8 Å². The molecule has 0 spiro atoms. The maximum Gasteiger partial charge on any atom is 0.309 e. The average molecular weight is 489 g/mol. The van der Waals surface area contributed by atoms with Gasteiger partial charge in [-0.25, -0.2) is 4.39 Å². The third-order valence-corrected chi connectivity index (χ3v) is 8.74. The number of thioether (sulfide) groups is 1. The van der Waals surface area contributed by atoms with Crippen LogP contribution >= 0.6 is 23.1 Å². The Morgan fingerprint density at radius 1 is 1.33 bits per heavy atom. The lowest BCUT2D eigenvalue weighted by Crippen LogP contribution is -2.45. The number of fused-ring (bicyclic) bond motifs is 1. The van der Waals surface area contributed by atoms with E-state index in [1.165, 1.54) is 10.4 Å². The molecule has 0 unspecified atom stereocenters. The lowest BCUT2D eigenvalue weighted by molar-refractivity contribution is -0.152. The Bertz CT molecular complexity index is 1080. The molecule has 0 aliphatic carbocycles. The summed E-state index contributed by atoms with van der Waals surface area (Å²) in [6.45, 7) is 2.55. The van der Waals surface area contributed by atoms with Gasteiger partial charge < -0.3 is 14.7 Å². The van der Waals surface area contributed by atoms with E-state index in [2.05, 4.69) is 27.4 Å². The number of ether oxygens (including phenoxy) is 1. The van der Waals surface area contributed by atoms with Gasteiger partial charge in [0.2, 0.25) is 0 Å². The summed E-state index contributed by atoms with van der Waals surface area (Å²) >= 11 is 3.61. The van der Waals surface area contributed by atoms with Crippen LogP contribution in [0, 0.1) is 11.2 Å². The number of hydrogen-bond acceptors (Lipinski definition) is 6. The highest BCUT2D eigenvalue weighted by molar-refractivity contribution is 8.01. The molecule has 176 valence electrons. The Kier molecular flexibility index (Phi) is 7.88. The van der Waals surface area contributed by atoms with Crippen molar-refractivity contribution >= 4 is 40.0 Å². The molecule has 0 amide bonds. The first-order valence-corrected chi connectivity index (χ1v) is 13.1. The molecule has 0 radical (unpaired) electrons. The number of carbonyl (C=O) groups is 1. The van der Waals surface area contributed by atoms with Crippen molar-refractivity contribution in [2.75, 3.05) is 32.5 Å². The number of aryl methyl sites for hydroxylation is 1. The van der Waals surface area contributed by atoms with Crippen LogP contribution in [-0.4, -0.2) is 53.5 Å². The first kappa shape index (κ1) is 24.0. The zero-order valence-corrected chi connectivity index (χ0v) is 20.4. The Morgan fingerprint density at radius 2 is 2.15 bits per heavy atom. The van der Waals surface area contributed by atoms with Gasteiger partial charge in [-0.3, -0.25) is 9.78 Å². The smallest absolute Gasteiger partial charge is 0.309 e. The van der Waals surface area contributed by atoms with Crippen LogP contribution in [0.2, 0.25) is 0 Å². The molecule has 8 heteroatoms. The van der Waals surface area contributed by atoms with E-state index in [-0.39, 0.29) is 5.82 Å². The highest BCUT2D eigenvalue weighted by atomic mass is 32.2. The quantitative estimate of drug-likeness (QED) is 0.368. The third kappa shape index (κ3) is 5.67. The monoisotopic (exact) mass is 488 g/mol. The molecular weight excluding hydrogens is 459 g/mol. The number of aliphatic carboxylic acids is 1. The van der Waals surface area contributed by atoms with Gasteiger partial charge in [0.1, 0.15) is 11.6 Å². The van der Waals surface area contributed by atoms with Crippen LogP contribution < -0.4 is 4.74 Å². The van der Waals surface area contributed by atoms with Crippen LogP contribution in [0.25, 0.3) is 10.9 Å². The fourth-order valence-electron chi connectivity index (χ4n) is 4.58. The van der Waals surface area contributed by atoms with Crippen molar-refractivity contribution in [3.05, 3.63) is 53.3 Å². The average Bonchev–Trinajstić information content (AvgIpc) is 3.34. The molecule has 1 aromatic carbocycles. The molecule has 33 heavy (non-hydrogen) atoms. The minimum Gasteiger partial charge on any atom is -0.497 e. The van der Waals surface area contributed by atoms with E-state index in [1.807, 2.05) is 23.9 Å². The normalized spacial score (nSPS) is 16.2. The number of piperidine rings is 1. The number of pyridine rings is 1. The topological polar surface area (TPSA) is 62.7 Å². The summed E-state index contributed by atoms with van der Waals surface area (Å²) in [5, 5.41) is 12.9. The summed E-state index contributed by atoms with van der Waals surface area (Å²) in [7, 11) is 1.58. The van der Waals surface area contributed by atoms with Crippen LogP contribution in [0.3, 0.4) is 0 Å². The molecule has 1 aliphatic heterocycles. The van der Waals surface area contributed by atoms with Crippen LogP contribution in [0.1, 0.15) is 31.2 Å². The number of hydrogen-bond donors (Lipinski definition) is 1. The highest BCUT2D eigenvalue weighted by Crippen LogP contribution is 2.38. The molecule has 5 nitrogen and oxygen atoms in total. The Morgan fingerprint density at radius 3 is 2.85 bits per heavy atom. The number of nitrogens with zero attached hydrogens (tertiary/aromatic N) is 2. The van der Waals surface area contributed by atoms with Gasteiger partial charge in [0.05, 0.1) is 28.4 Å². The molecule has 4 rings (SSSR count). The van der Waals surface area contributed by atoms with Crippen molar-refractivity contribution in [1.29, 1.82) is 0 Å². The lowest BCUT2D eigenvalue weighted by Gasteiger charge is -2.39. The lowest BCUT2D eigenvalue weighted by atomic mass is 9.74. The zero-order valence-electron chi connectivity index (χ0n) is 18.8. The second-order valence-electron chi connectivity index (χ2n) is 8.53. The summed E-state index contributed by atoms with van der Waals surface area (Å²) in [6, 6.07) is 9.63. The summed E-state index contributed by atoms with van der Waals surface area (Å²) in [4.78, 5) is 18.8. The maximum atomic E-state index is 14.6. The van der Waals surface area contributed by atoms with E-state index in [4.69, 9.17) is 4.74 Å². The molecule has 1 N–H and O–H groups in total. The summed E-state index contributed by atoms with van der Waals surface area (Å²) in [5.41, 5.74) is 0.574. The summed E-state index contributed by atoms with van der Waals surface area (Å²) < 4.78 is 21.2. The molecule has 1 fully saturated rings. The number of likely N-dealkylation sites (tertiary alicyclic amines) is 1. The Balaban J connectivity index is 1.35. The van der Waals surface area contributed by atoms with E-state index >= 15 is 0 Å². The standard InChI is InChI=1S/C25H29FN2O3S2/c1-31-18-6-7-22-20(16-18)19(21(26)17-27-22)4-2-8-25(24(29)30)9-11-28(12-10-25)13-15-33-23-5-3-14-32-23/h3,5-7,14,16-17H,2,4,8-13,15H2,1H3,(H,29,30). The number of carboxylic acids is 1. The molecular formula is C25H29FN2O3S2. The molecule has 0 atom stereocenters. The fourth-order valence-corrected chi connectivity index (χ4v) is 6.45. The van der Waals surface area contributed by atoms with Crippen molar-refractivity contribution in [2.45, 2.75) is 36.3 Å². The van der Waals surface area contributed by atoms with Gasteiger partial charge >= 0.3 is 5.97 Å². The van der Waals surface area contributed by atoms with Crippen molar-refractivity contribution < 1.29 is 19.0 Å². The van der Waals surface area contributed by atoms with E-state index in [9.17, 15) is 14.3 Å². The van der Waals surface area contributed by atoms with Crippen molar-refractivity contribution in [1.82, 2.24) is 9.88 Å². The predicted octanol–water partition coefficient (Wildman–Crippen LogP) is 5.73. The SMILES string of the molecule is COc1ccc2ncc(F)c(CCCC3(C(=O)O)CCN(CCSc4cccs4)CC3)c2c1. The number of aromatic nitrogens is 1. The maximum absolute atomic E-state index is 14.6. The largest absolute Gasteiger partial charge is 0.497 e. The van der Waals surface area contributed by atoms with Crippen molar-refractivity contribution in [2.24, 2.45) is 5.41 Å². The molecule has 3 heterocycles. The number of halogens is 1. The van der Waals surface area contributed by atoms with Gasteiger partial charge in [-0.1, -0.05) is 6.07 Å². The predicted molar refractivity (Wildman–Crippen MR) is 132 cm³/mol. The molecule has 0 saturated carbocycles. The van der Waals surface area contributed by atoms with Crippen molar-refractivity contribution in [3.63, 3.8) is 0 Å². The molecule has 1 saturated heterocycles. The minimum atomic E-state index is -0.728. The number of rotatable bonds is 10. The number of methoxy groups -OCH3 is 1. The van der Waals surface area contributed by atoms with Crippen LogP contribution in [0.4, 0.5) is 4.39 Å². The number of benzene rings is 1. The fraction of sp³-hybridized carbons (Fsp3) is 0.440. The van der Waals surface area contributed by atoms with Crippen LogP contribution in [0.15, 0.2) is 46.1 Å². The van der Waals surface area contributed by atoms with Gasteiger partial charge in [-0.15, -0.1) is 23.1 Å². The zero-order chi connectivity index (χ0) is 23.3. The van der Waals surface area contributed by atoms with Gasteiger partial charge in [0, 0.05) is 17.7 Å². The second kappa shape index (κ2) is 10.8. The van der Waals surface area contributed by atoms with E-state index in [0.29, 0.717) is 48.9 Å². The molecule has 2 aromatic heterocycles. The molecule has 3 aromatic rings. The first-order valence-electron chi connectivity index (χ1n) is 11.2. The summed E-state index contributed by atoms with van der Waals surface area (Å²) in [6.07, 6.45) is 4.18. The summed E-state index contributed by atoms with van der Waals surface area (Å²) in [5.74, 6) is 0.594. The Hall–Kier alpha value is -2.16. The minimum absolute atomic E-state index is 0.349.